The van der Waals surface area contributed by atoms with Gasteiger partial charge in [0.15, 0.2) is 0 Å². The Hall–Kier alpha value is -1.99. The van der Waals surface area contributed by atoms with Crippen LogP contribution in [0.1, 0.15) is 41.5 Å². The smallest absolute Gasteiger partial charge is 0.113 e. The van der Waals surface area contributed by atoms with Crippen LogP contribution in [0.5, 0.6) is 0 Å². The molecule has 3 aromatic rings. The quantitative estimate of drug-likeness (QED) is 0.705. The van der Waals surface area contributed by atoms with Gasteiger partial charge in [0.05, 0.1) is 23.4 Å². The molecule has 0 amide bonds. The molecule has 0 aromatic carbocycles. The van der Waals surface area contributed by atoms with E-state index in [-0.39, 0.29) is 0 Å². The van der Waals surface area contributed by atoms with Crippen molar-refractivity contribution in [2.24, 2.45) is 7.05 Å². The van der Waals surface area contributed by atoms with E-state index in [1.807, 2.05) is 23.4 Å². The summed E-state index contributed by atoms with van der Waals surface area (Å²) in [6.07, 6.45) is 8.57. The van der Waals surface area contributed by atoms with E-state index in [1.165, 1.54) is 24.2 Å². The Balaban J connectivity index is 1.46. The molecule has 1 atom stereocenters. The zero-order chi connectivity index (χ0) is 17.2. The SMILES string of the molecule is Cc1nn(C)cc1CN1CCC[C@H](c2nccn2Cc2cscn2)C1. The minimum atomic E-state index is 0.486. The Morgan fingerprint density at radius 2 is 2.20 bits per heavy atom. The fraction of sp³-hybridized carbons (Fsp3) is 0.500. The molecule has 7 heteroatoms. The van der Waals surface area contributed by atoms with Crippen LogP contribution in [0.15, 0.2) is 29.5 Å². The standard InChI is InChI=1S/C18H24N6S/c1-14-16(8-22(2)21-14)10-23-6-3-4-15(9-23)18-19-5-7-24(18)11-17-12-25-13-20-17/h5,7-8,12-13,15H,3-4,6,9-11H2,1-2H3/t15-/m0/s1. The van der Waals surface area contributed by atoms with E-state index in [9.17, 15) is 0 Å². The van der Waals surface area contributed by atoms with Crippen molar-refractivity contribution < 1.29 is 0 Å². The molecule has 1 fully saturated rings. The lowest BCUT2D eigenvalue weighted by molar-refractivity contribution is 0.194. The van der Waals surface area contributed by atoms with E-state index in [0.29, 0.717) is 5.92 Å². The van der Waals surface area contributed by atoms with Gasteiger partial charge in [-0.2, -0.15) is 5.10 Å². The molecular formula is C18H24N6S. The van der Waals surface area contributed by atoms with Crippen molar-refractivity contribution in [3.8, 4) is 0 Å². The summed E-state index contributed by atoms with van der Waals surface area (Å²) in [6, 6.07) is 0. The van der Waals surface area contributed by atoms with Crippen LogP contribution in [-0.2, 0) is 20.1 Å². The lowest BCUT2D eigenvalue weighted by Gasteiger charge is -2.32. The molecule has 4 rings (SSSR count). The summed E-state index contributed by atoms with van der Waals surface area (Å²) in [5, 5.41) is 6.58. The number of aromatic nitrogens is 5. The average Bonchev–Trinajstić information content (AvgIpc) is 3.32. The summed E-state index contributed by atoms with van der Waals surface area (Å²) >= 11 is 1.65. The number of piperidine rings is 1. The van der Waals surface area contributed by atoms with Gasteiger partial charge in [-0.05, 0) is 26.3 Å². The van der Waals surface area contributed by atoms with Crippen molar-refractivity contribution in [3.63, 3.8) is 0 Å². The molecule has 0 bridgehead atoms. The number of thiazole rings is 1. The molecule has 0 spiro atoms. The van der Waals surface area contributed by atoms with Gasteiger partial charge >= 0.3 is 0 Å². The number of hydrogen-bond donors (Lipinski definition) is 0. The predicted molar refractivity (Wildman–Crippen MR) is 98.6 cm³/mol. The maximum Gasteiger partial charge on any atom is 0.113 e. The van der Waals surface area contributed by atoms with Crippen molar-refractivity contribution in [2.75, 3.05) is 13.1 Å². The molecule has 0 N–H and O–H groups in total. The monoisotopic (exact) mass is 356 g/mol. The Kier molecular flexibility index (Phi) is 4.67. The number of hydrogen-bond acceptors (Lipinski definition) is 5. The Morgan fingerprint density at radius 1 is 1.28 bits per heavy atom. The summed E-state index contributed by atoms with van der Waals surface area (Å²) in [7, 11) is 1.99. The summed E-state index contributed by atoms with van der Waals surface area (Å²) < 4.78 is 4.17. The van der Waals surface area contributed by atoms with Crippen LogP contribution in [0.2, 0.25) is 0 Å². The van der Waals surface area contributed by atoms with E-state index >= 15 is 0 Å². The van der Waals surface area contributed by atoms with Gasteiger partial charge in [0.2, 0.25) is 0 Å². The van der Waals surface area contributed by atoms with Crippen LogP contribution in [0.4, 0.5) is 0 Å². The van der Waals surface area contributed by atoms with Crippen LogP contribution >= 0.6 is 11.3 Å². The summed E-state index contributed by atoms with van der Waals surface area (Å²) in [5.41, 5.74) is 5.47. The summed E-state index contributed by atoms with van der Waals surface area (Å²) in [5.74, 6) is 1.68. The largest absolute Gasteiger partial charge is 0.329 e. The molecule has 0 radical (unpaired) electrons. The second-order valence-electron chi connectivity index (χ2n) is 6.88. The zero-order valence-corrected chi connectivity index (χ0v) is 15.6. The highest BCUT2D eigenvalue weighted by Gasteiger charge is 2.25. The topological polar surface area (TPSA) is 51.8 Å². The minimum absolute atomic E-state index is 0.486. The molecule has 0 saturated carbocycles. The molecule has 132 valence electrons. The third kappa shape index (κ3) is 3.67. The maximum absolute atomic E-state index is 4.68. The minimum Gasteiger partial charge on any atom is -0.329 e. The van der Waals surface area contributed by atoms with E-state index < -0.39 is 0 Å². The molecule has 25 heavy (non-hydrogen) atoms. The molecule has 3 aromatic heterocycles. The highest BCUT2D eigenvalue weighted by atomic mass is 32.1. The van der Waals surface area contributed by atoms with Gasteiger partial charge in [-0.25, -0.2) is 9.97 Å². The van der Waals surface area contributed by atoms with Crippen molar-refractivity contribution in [3.05, 3.63) is 52.3 Å². The predicted octanol–water partition coefficient (Wildman–Crippen LogP) is 2.81. The van der Waals surface area contributed by atoms with E-state index in [4.69, 9.17) is 0 Å². The molecule has 4 heterocycles. The number of nitrogens with zero attached hydrogens (tertiary/aromatic N) is 6. The van der Waals surface area contributed by atoms with Gasteiger partial charge in [-0.15, -0.1) is 11.3 Å². The number of likely N-dealkylation sites (tertiary alicyclic amines) is 1. The van der Waals surface area contributed by atoms with Crippen molar-refractivity contribution in [1.82, 2.24) is 29.2 Å². The second kappa shape index (κ2) is 7.09. The van der Waals surface area contributed by atoms with Gasteiger partial charge in [0.25, 0.3) is 0 Å². The maximum atomic E-state index is 4.68. The molecule has 1 aliphatic heterocycles. The lowest BCUT2D eigenvalue weighted by atomic mass is 9.96. The first-order valence-electron chi connectivity index (χ1n) is 8.78. The van der Waals surface area contributed by atoms with Gasteiger partial charge in [-0.1, -0.05) is 0 Å². The van der Waals surface area contributed by atoms with Crippen LogP contribution in [0.25, 0.3) is 0 Å². The first-order valence-corrected chi connectivity index (χ1v) is 9.73. The van der Waals surface area contributed by atoms with Crippen molar-refractivity contribution >= 4 is 11.3 Å². The Labute approximate surface area is 152 Å². The molecule has 1 aliphatic rings. The molecular weight excluding hydrogens is 332 g/mol. The Bertz CT molecular complexity index is 819. The normalized spacial score (nSPS) is 18.7. The van der Waals surface area contributed by atoms with Crippen LogP contribution in [0, 0.1) is 6.92 Å². The van der Waals surface area contributed by atoms with Gasteiger partial charge in [0, 0.05) is 55.6 Å². The number of rotatable bonds is 5. The fourth-order valence-corrected chi connectivity index (χ4v) is 4.31. The first kappa shape index (κ1) is 16.5. The zero-order valence-electron chi connectivity index (χ0n) is 14.8. The van der Waals surface area contributed by atoms with Crippen molar-refractivity contribution in [1.29, 1.82) is 0 Å². The van der Waals surface area contributed by atoms with Gasteiger partial charge in [0.1, 0.15) is 5.82 Å². The Morgan fingerprint density at radius 3 is 2.96 bits per heavy atom. The number of imidazole rings is 1. The van der Waals surface area contributed by atoms with E-state index in [2.05, 4.69) is 49.2 Å². The summed E-state index contributed by atoms with van der Waals surface area (Å²) in [6.45, 7) is 6.09. The van der Waals surface area contributed by atoms with Crippen molar-refractivity contribution in [2.45, 2.75) is 38.8 Å². The second-order valence-corrected chi connectivity index (χ2v) is 7.60. The molecule has 6 nitrogen and oxygen atoms in total. The molecule has 0 aliphatic carbocycles. The highest BCUT2D eigenvalue weighted by Crippen LogP contribution is 2.27. The lowest BCUT2D eigenvalue weighted by Crippen LogP contribution is -2.35. The van der Waals surface area contributed by atoms with Gasteiger partial charge in [-0.3, -0.25) is 9.58 Å². The van der Waals surface area contributed by atoms with Crippen LogP contribution < -0.4 is 0 Å². The third-order valence-electron chi connectivity index (χ3n) is 4.94. The fourth-order valence-electron chi connectivity index (χ4n) is 3.76. The van der Waals surface area contributed by atoms with Crippen LogP contribution in [0.3, 0.4) is 0 Å². The summed E-state index contributed by atoms with van der Waals surface area (Å²) in [4.78, 5) is 11.6. The first-order chi connectivity index (χ1) is 12.2. The van der Waals surface area contributed by atoms with E-state index in [0.717, 1.165) is 37.6 Å². The average molecular weight is 356 g/mol. The third-order valence-corrected chi connectivity index (χ3v) is 5.58. The highest BCUT2D eigenvalue weighted by molar-refractivity contribution is 7.07. The molecule has 0 unspecified atom stereocenters. The van der Waals surface area contributed by atoms with Crippen LogP contribution in [-0.4, -0.2) is 42.3 Å². The van der Waals surface area contributed by atoms with Gasteiger partial charge < -0.3 is 4.57 Å². The van der Waals surface area contributed by atoms with E-state index in [1.54, 1.807) is 11.3 Å². The molecule has 1 saturated heterocycles. The number of aryl methyl sites for hydroxylation is 2.